The van der Waals surface area contributed by atoms with Crippen molar-refractivity contribution in [3.8, 4) is 5.88 Å². The van der Waals surface area contributed by atoms with Crippen LogP contribution in [0.15, 0.2) is 0 Å². The summed E-state index contributed by atoms with van der Waals surface area (Å²) in [5, 5.41) is 15.3. The van der Waals surface area contributed by atoms with Crippen molar-refractivity contribution >= 4 is 64.3 Å². The minimum absolute atomic E-state index is 0. The number of aryl methyl sites for hydroxylation is 1. The van der Waals surface area contributed by atoms with E-state index in [2.05, 4.69) is 77.2 Å². The number of aromatic nitrogens is 2. The first-order valence-electron chi connectivity index (χ1n) is 7.82. The zero-order chi connectivity index (χ0) is 19.4. The van der Waals surface area contributed by atoms with Crippen molar-refractivity contribution in [1.29, 1.82) is 0 Å². The molecule has 0 unspecified atom stereocenters. The summed E-state index contributed by atoms with van der Waals surface area (Å²) in [5.41, 5.74) is 1.75. The molecule has 11 heteroatoms. The zero-order valence-electron chi connectivity index (χ0n) is 15.7. The Morgan fingerprint density at radius 1 is 1.12 bits per heavy atom. The van der Waals surface area contributed by atoms with Crippen LogP contribution < -0.4 is 15.5 Å². The largest absolute Gasteiger partial charge is 2.00 e. The normalized spacial score (nSPS) is 9.23. The Balaban J connectivity index is 0. The second kappa shape index (κ2) is 15.6. The molecular weight excluding hydrogens is 460 g/mol. The third-order valence-electron chi connectivity index (χ3n) is 3.02. The summed E-state index contributed by atoms with van der Waals surface area (Å²) >= 11 is 18.4. The van der Waals surface area contributed by atoms with Crippen LogP contribution in [-0.4, -0.2) is 50.9 Å². The number of unbranched alkanes of at least 4 members (excludes halogenated alkanes) is 1. The number of hydrogen-bond acceptors (Lipinski definition) is 8. The smallest absolute Gasteiger partial charge is 0.493 e. The minimum Gasteiger partial charge on any atom is -0.493 e. The summed E-state index contributed by atoms with van der Waals surface area (Å²) in [6.45, 7) is 5.37. The van der Waals surface area contributed by atoms with Gasteiger partial charge in [0.25, 0.3) is 0 Å². The van der Waals surface area contributed by atoms with Gasteiger partial charge in [0.15, 0.2) is 0 Å². The maximum atomic E-state index is 9.77. The molecule has 1 rings (SSSR count). The molecule has 0 atom stereocenters. The third kappa shape index (κ3) is 12.8. The van der Waals surface area contributed by atoms with Crippen molar-refractivity contribution < 1.29 is 24.6 Å². The van der Waals surface area contributed by atoms with E-state index < -0.39 is 0 Å². The Kier molecular flexibility index (Phi) is 16.6. The second-order valence-corrected chi connectivity index (χ2v) is 7.49. The van der Waals surface area contributed by atoms with E-state index in [4.69, 9.17) is 0 Å². The van der Waals surface area contributed by atoms with E-state index in [1.165, 1.54) is 0 Å². The first-order chi connectivity index (χ1) is 11.7. The molecule has 0 aliphatic carbocycles. The summed E-state index contributed by atoms with van der Waals surface area (Å²) in [5.74, 6) is 0.685. The molecule has 1 aromatic heterocycles. The molecular formula is C15H25N5OS4Zn. The van der Waals surface area contributed by atoms with E-state index in [9.17, 15) is 5.11 Å². The van der Waals surface area contributed by atoms with Gasteiger partial charge in [-0.25, -0.2) is 4.98 Å². The summed E-state index contributed by atoms with van der Waals surface area (Å²) in [6.07, 6.45) is 3.01. The van der Waals surface area contributed by atoms with Crippen molar-refractivity contribution in [2.24, 2.45) is 0 Å². The van der Waals surface area contributed by atoms with Crippen LogP contribution >= 0.6 is 24.4 Å². The number of hydrogen-bond donors (Lipinski definition) is 3. The van der Waals surface area contributed by atoms with Crippen molar-refractivity contribution in [1.82, 2.24) is 20.6 Å². The second-order valence-electron chi connectivity index (χ2n) is 5.34. The summed E-state index contributed by atoms with van der Waals surface area (Å²) < 4.78 is 0.745. The van der Waals surface area contributed by atoms with Crippen LogP contribution in [0.3, 0.4) is 0 Å². The average Bonchev–Trinajstić information content (AvgIpc) is 2.51. The van der Waals surface area contributed by atoms with E-state index in [-0.39, 0.29) is 25.4 Å². The number of thiocarbonyl (C=S) groups is 2. The van der Waals surface area contributed by atoms with Crippen LogP contribution in [0.1, 0.15) is 31.0 Å². The molecule has 6 nitrogen and oxygen atoms in total. The van der Waals surface area contributed by atoms with E-state index in [0.717, 1.165) is 30.5 Å². The molecule has 1 aromatic rings. The molecule has 0 aromatic carbocycles. The topological polar surface area (TPSA) is 73.3 Å². The fraction of sp³-hybridized carbons (Fsp3) is 0.600. The molecule has 142 valence electrons. The van der Waals surface area contributed by atoms with Gasteiger partial charge in [0.2, 0.25) is 11.8 Å². The van der Waals surface area contributed by atoms with Gasteiger partial charge in [-0.05, 0) is 19.8 Å². The molecule has 0 fully saturated rings. The Morgan fingerprint density at radius 2 is 1.62 bits per heavy atom. The van der Waals surface area contributed by atoms with Gasteiger partial charge in [-0.1, -0.05) is 22.0 Å². The standard InChI is InChI=1S/C11H19N3O.C4H8N2S4.Zn/c1-5-6-7-9-8(2)12-11(14(3)4)13-10(9)15;7-3(8)5-1-2-6-4(9)10;/h5-7H2,1-4H3,(H,12,13,15);1-2H2,(H2,5,7,8)(H2,6,9,10);/q;;+2/p-2. The molecule has 0 bridgehead atoms. The van der Waals surface area contributed by atoms with Crippen LogP contribution in [0.25, 0.3) is 0 Å². The summed E-state index contributed by atoms with van der Waals surface area (Å²) in [7, 11) is 3.72. The maximum absolute atomic E-state index is 9.77. The van der Waals surface area contributed by atoms with Gasteiger partial charge in [0.05, 0.1) is 0 Å². The van der Waals surface area contributed by atoms with Gasteiger partial charge in [0.1, 0.15) is 0 Å². The average molecular weight is 485 g/mol. The van der Waals surface area contributed by atoms with Crippen LogP contribution in [-0.2, 0) is 51.2 Å². The summed E-state index contributed by atoms with van der Waals surface area (Å²) in [6, 6.07) is 0. The van der Waals surface area contributed by atoms with Gasteiger partial charge in [-0.2, -0.15) is 4.98 Å². The molecule has 0 radical (unpaired) electrons. The van der Waals surface area contributed by atoms with E-state index in [0.29, 0.717) is 27.7 Å². The fourth-order valence-corrected chi connectivity index (χ4v) is 2.15. The Bertz CT molecular complexity index is 536. The minimum atomic E-state index is 0. The van der Waals surface area contributed by atoms with Gasteiger partial charge in [0, 0.05) is 38.4 Å². The van der Waals surface area contributed by atoms with Gasteiger partial charge in [-0.15, -0.1) is 0 Å². The fourth-order valence-electron chi connectivity index (χ4n) is 1.74. The monoisotopic (exact) mass is 483 g/mol. The summed E-state index contributed by atoms with van der Waals surface area (Å²) in [4.78, 5) is 10.2. The van der Waals surface area contributed by atoms with E-state index in [1.54, 1.807) is 4.90 Å². The Labute approximate surface area is 190 Å². The Hall–Kier alpha value is -0.477. The first-order valence-corrected chi connectivity index (χ1v) is 9.45. The molecule has 26 heavy (non-hydrogen) atoms. The van der Waals surface area contributed by atoms with Crippen molar-refractivity contribution in [3.63, 3.8) is 0 Å². The quantitative estimate of drug-likeness (QED) is 0.230. The number of nitrogens with zero attached hydrogens (tertiary/aromatic N) is 3. The van der Waals surface area contributed by atoms with E-state index >= 15 is 0 Å². The van der Waals surface area contributed by atoms with Crippen LogP contribution in [0, 0.1) is 6.92 Å². The van der Waals surface area contributed by atoms with Crippen molar-refractivity contribution in [3.05, 3.63) is 11.3 Å². The van der Waals surface area contributed by atoms with Crippen LogP contribution in [0.4, 0.5) is 5.95 Å². The van der Waals surface area contributed by atoms with Gasteiger partial charge >= 0.3 is 19.5 Å². The van der Waals surface area contributed by atoms with Crippen LogP contribution in [0.5, 0.6) is 5.88 Å². The molecule has 0 aliphatic rings. The molecule has 0 spiro atoms. The SMILES string of the molecule is CCCCc1c(C)nc(N(C)C)nc1O.S=C([S-])NCCNC(=S)[S-].[Zn+2]. The Morgan fingerprint density at radius 3 is 1.96 bits per heavy atom. The predicted octanol–water partition coefficient (Wildman–Crippen LogP) is 1.73. The van der Waals surface area contributed by atoms with Gasteiger partial charge in [-0.3, -0.25) is 0 Å². The van der Waals surface area contributed by atoms with Crippen LogP contribution in [0.2, 0.25) is 0 Å². The number of anilines is 1. The molecule has 3 N–H and O–H groups in total. The number of rotatable bonds is 7. The van der Waals surface area contributed by atoms with Gasteiger partial charge < -0.3 is 70.3 Å². The third-order valence-corrected chi connectivity index (χ3v) is 3.60. The molecule has 0 amide bonds. The molecule has 0 saturated heterocycles. The zero-order valence-corrected chi connectivity index (χ0v) is 21.9. The maximum Gasteiger partial charge on any atom is 2.00 e. The number of aromatic hydroxyl groups is 1. The molecule has 0 saturated carbocycles. The molecule has 1 heterocycles. The molecule has 0 aliphatic heterocycles. The number of nitrogens with one attached hydrogen (secondary N) is 2. The predicted molar refractivity (Wildman–Crippen MR) is 117 cm³/mol. The van der Waals surface area contributed by atoms with E-state index in [1.807, 2.05) is 21.0 Å². The first kappa shape index (κ1) is 27.7. The van der Waals surface area contributed by atoms with Crippen molar-refractivity contribution in [2.75, 3.05) is 32.1 Å². The van der Waals surface area contributed by atoms with Crippen molar-refractivity contribution in [2.45, 2.75) is 33.1 Å².